The molecule has 0 aliphatic rings. The van der Waals surface area contributed by atoms with Crippen LogP contribution < -0.4 is 5.32 Å². The Kier molecular flexibility index (Phi) is 5.36. The highest BCUT2D eigenvalue weighted by Gasteiger charge is 2.40. The number of nitrogens with zero attached hydrogens (tertiary/aromatic N) is 2. The fourth-order valence-corrected chi connectivity index (χ4v) is 3.04. The molecule has 0 aliphatic heterocycles. The molecule has 0 spiro atoms. The molecule has 0 saturated heterocycles. The van der Waals surface area contributed by atoms with Crippen LogP contribution in [0.5, 0.6) is 0 Å². The van der Waals surface area contributed by atoms with Crippen molar-refractivity contribution in [2.45, 2.75) is 19.3 Å². The Hall–Kier alpha value is -3.30. The van der Waals surface area contributed by atoms with Gasteiger partial charge in [0.2, 0.25) is 0 Å². The number of anilines is 1. The highest BCUT2D eigenvalue weighted by molar-refractivity contribution is 6.04. The van der Waals surface area contributed by atoms with Crippen LogP contribution in [0.1, 0.15) is 27.3 Å². The van der Waals surface area contributed by atoms with E-state index in [9.17, 15) is 31.1 Å². The lowest BCUT2D eigenvalue weighted by Gasteiger charge is -2.20. The number of aromatic nitrogens is 2. The zero-order chi connectivity index (χ0) is 22.3. The summed E-state index contributed by atoms with van der Waals surface area (Å²) in [4.78, 5) is 12.4. The minimum absolute atomic E-state index is 0.0320. The maximum atomic E-state index is 13.7. The van der Waals surface area contributed by atoms with Gasteiger partial charge in [-0.3, -0.25) is 9.48 Å². The van der Waals surface area contributed by atoms with Crippen molar-refractivity contribution in [1.29, 1.82) is 0 Å². The van der Waals surface area contributed by atoms with Gasteiger partial charge in [-0.15, -0.1) is 0 Å². The van der Waals surface area contributed by atoms with E-state index < -0.39 is 40.6 Å². The Labute approximate surface area is 167 Å². The molecule has 2 aromatic carbocycles. The van der Waals surface area contributed by atoms with Crippen LogP contribution in [0.3, 0.4) is 0 Å². The first-order valence-electron chi connectivity index (χ1n) is 8.58. The van der Waals surface area contributed by atoms with Crippen LogP contribution in [0.15, 0.2) is 48.5 Å². The highest BCUT2D eigenvalue weighted by Crippen LogP contribution is 2.44. The zero-order valence-corrected chi connectivity index (χ0v) is 15.7. The Morgan fingerprint density at radius 1 is 0.933 bits per heavy atom. The molecule has 0 saturated carbocycles. The summed E-state index contributed by atoms with van der Waals surface area (Å²) in [6.45, 7) is 1.56. The van der Waals surface area contributed by atoms with Crippen LogP contribution in [0.2, 0.25) is 0 Å². The topological polar surface area (TPSA) is 46.9 Å². The van der Waals surface area contributed by atoms with Gasteiger partial charge < -0.3 is 5.32 Å². The van der Waals surface area contributed by atoms with Gasteiger partial charge in [-0.05, 0) is 36.2 Å². The smallest absolute Gasteiger partial charge is 0.320 e. The summed E-state index contributed by atoms with van der Waals surface area (Å²) in [6, 6.07) is 8.96. The van der Waals surface area contributed by atoms with E-state index in [1.807, 2.05) is 5.32 Å². The lowest BCUT2D eigenvalue weighted by atomic mass is 9.95. The van der Waals surface area contributed by atoms with Gasteiger partial charge in [0.15, 0.2) is 0 Å². The number of halogens is 6. The van der Waals surface area contributed by atoms with Crippen LogP contribution in [0.25, 0.3) is 11.1 Å². The number of benzene rings is 2. The quantitative estimate of drug-likeness (QED) is 0.547. The second-order valence-electron chi connectivity index (χ2n) is 6.55. The van der Waals surface area contributed by atoms with Gasteiger partial charge in [-0.25, -0.2) is 0 Å². The molecule has 0 atom stereocenters. The Morgan fingerprint density at radius 3 is 2.03 bits per heavy atom. The molecule has 0 unspecified atom stereocenters. The van der Waals surface area contributed by atoms with Gasteiger partial charge in [0.25, 0.3) is 5.91 Å². The van der Waals surface area contributed by atoms with Gasteiger partial charge in [-0.1, -0.05) is 30.3 Å². The molecule has 0 fully saturated rings. The number of alkyl halides is 6. The summed E-state index contributed by atoms with van der Waals surface area (Å²) >= 11 is 0. The Bertz CT molecular complexity index is 1080. The second-order valence-corrected chi connectivity index (χ2v) is 6.55. The minimum Gasteiger partial charge on any atom is -0.320 e. The average molecular weight is 427 g/mol. The molecule has 0 aliphatic carbocycles. The summed E-state index contributed by atoms with van der Waals surface area (Å²) in [5.74, 6) is -1.01. The highest BCUT2D eigenvalue weighted by atomic mass is 19.4. The van der Waals surface area contributed by atoms with Crippen molar-refractivity contribution < 1.29 is 31.1 Å². The predicted octanol–water partition coefficient (Wildman–Crippen LogP) is 5.69. The summed E-state index contributed by atoms with van der Waals surface area (Å²) < 4.78 is 83.1. The van der Waals surface area contributed by atoms with Gasteiger partial charge in [0.05, 0.1) is 22.5 Å². The number of rotatable bonds is 3. The summed E-state index contributed by atoms with van der Waals surface area (Å²) in [7, 11) is 1.40. The molecule has 0 bridgehead atoms. The largest absolute Gasteiger partial charge is 0.418 e. The van der Waals surface area contributed by atoms with Crippen LogP contribution in [0.4, 0.5) is 32.0 Å². The molecule has 30 heavy (non-hydrogen) atoms. The van der Waals surface area contributed by atoms with Crippen molar-refractivity contribution in [1.82, 2.24) is 9.78 Å². The monoisotopic (exact) mass is 427 g/mol. The second kappa shape index (κ2) is 7.51. The van der Waals surface area contributed by atoms with Crippen molar-refractivity contribution in [3.63, 3.8) is 0 Å². The Balaban J connectivity index is 2.19. The van der Waals surface area contributed by atoms with Crippen molar-refractivity contribution >= 4 is 11.6 Å². The zero-order valence-electron chi connectivity index (χ0n) is 15.7. The SMILES string of the molecule is Cc1cc(C(=O)Nc2cc(C(F)(F)F)c(-c3ccccc3)cc2C(F)(F)F)n(C)n1. The fourth-order valence-electron chi connectivity index (χ4n) is 3.04. The first-order chi connectivity index (χ1) is 13.9. The van der Waals surface area contributed by atoms with Crippen molar-refractivity contribution in [3.05, 3.63) is 71.0 Å². The van der Waals surface area contributed by atoms with Crippen LogP contribution in [0, 0.1) is 6.92 Å². The average Bonchev–Trinajstić information content (AvgIpc) is 2.98. The molecule has 1 amide bonds. The first-order valence-corrected chi connectivity index (χ1v) is 8.58. The molecule has 0 radical (unpaired) electrons. The van der Waals surface area contributed by atoms with E-state index in [2.05, 4.69) is 5.10 Å². The summed E-state index contributed by atoms with van der Waals surface area (Å²) in [5.41, 5.74) is -4.01. The molecule has 3 rings (SSSR count). The van der Waals surface area contributed by atoms with Gasteiger partial charge >= 0.3 is 12.4 Å². The third-order valence-electron chi connectivity index (χ3n) is 4.34. The maximum absolute atomic E-state index is 13.7. The molecule has 4 nitrogen and oxygen atoms in total. The van der Waals surface area contributed by atoms with E-state index in [1.165, 1.54) is 43.4 Å². The van der Waals surface area contributed by atoms with E-state index in [0.717, 1.165) is 4.68 Å². The molecule has 10 heteroatoms. The van der Waals surface area contributed by atoms with E-state index in [4.69, 9.17) is 0 Å². The summed E-state index contributed by atoms with van der Waals surface area (Å²) in [6.07, 6.45) is -9.95. The molecule has 3 aromatic rings. The third-order valence-corrected chi connectivity index (χ3v) is 4.34. The van der Waals surface area contributed by atoms with Crippen molar-refractivity contribution in [2.24, 2.45) is 7.05 Å². The van der Waals surface area contributed by atoms with Crippen molar-refractivity contribution in [2.75, 3.05) is 5.32 Å². The van der Waals surface area contributed by atoms with Gasteiger partial charge in [-0.2, -0.15) is 31.4 Å². The molecular weight excluding hydrogens is 412 g/mol. The third kappa shape index (κ3) is 4.32. The minimum atomic E-state index is -5.00. The molecule has 1 heterocycles. The standard InChI is InChI=1S/C20H15F6N3O/c1-11-8-17(29(2)28-11)18(30)27-16-10-14(19(21,22)23)13(9-15(16)20(24,25)26)12-6-4-3-5-7-12/h3-10H,1-2H3,(H,27,30). The van der Waals surface area contributed by atoms with Gasteiger partial charge in [0.1, 0.15) is 5.69 Å². The van der Waals surface area contributed by atoms with Gasteiger partial charge in [0, 0.05) is 7.05 Å². The molecular formula is C20H15F6N3O. The van der Waals surface area contributed by atoms with E-state index >= 15 is 0 Å². The predicted molar refractivity (Wildman–Crippen MR) is 97.8 cm³/mol. The van der Waals surface area contributed by atoms with Crippen LogP contribution >= 0.6 is 0 Å². The number of amides is 1. The number of nitrogens with one attached hydrogen (secondary N) is 1. The Morgan fingerprint density at radius 2 is 1.53 bits per heavy atom. The van der Waals surface area contributed by atoms with Crippen LogP contribution in [-0.4, -0.2) is 15.7 Å². The lowest BCUT2D eigenvalue weighted by molar-refractivity contribution is -0.140. The lowest BCUT2D eigenvalue weighted by Crippen LogP contribution is -2.20. The van der Waals surface area contributed by atoms with E-state index in [1.54, 1.807) is 6.92 Å². The number of carbonyl (C=O) groups is 1. The number of hydrogen-bond donors (Lipinski definition) is 1. The number of aryl methyl sites for hydroxylation is 2. The van der Waals surface area contributed by atoms with Crippen molar-refractivity contribution in [3.8, 4) is 11.1 Å². The van der Waals surface area contributed by atoms with E-state index in [0.29, 0.717) is 17.8 Å². The normalized spacial score (nSPS) is 12.1. The first kappa shape index (κ1) is 21.4. The number of hydrogen-bond acceptors (Lipinski definition) is 2. The van der Waals surface area contributed by atoms with Crippen LogP contribution in [-0.2, 0) is 19.4 Å². The molecule has 1 aromatic heterocycles. The molecule has 158 valence electrons. The fraction of sp³-hybridized carbons (Fsp3) is 0.200. The van der Waals surface area contributed by atoms with E-state index in [-0.39, 0.29) is 11.3 Å². The number of carbonyl (C=O) groups excluding carboxylic acids is 1. The molecule has 1 N–H and O–H groups in total. The summed E-state index contributed by atoms with van der Waals surface area (Å²) in [5, 5.41) is 5.87. The maximum Gasteiger partial charge on any atom is 0.418 e.